The second-order valence-corrected chi connectivity index (χ2v) is 7.33. The molecule has 0 saturated heterocycles. The third-order valence-electron chi connectivity index (χ3n) is 4.77. The third-order valence-corrected chi connectivity index (χ3v) is 4.77. The highest BCUT2D eigenvalue weighted by Gasteiger charge is 2.14. The molecule has 0 heterocycles. The smallest absolute Gasteiger partial charge is 0.216 e. The van der Waals surface area contributed by atoms with Gasteiger partial charge >= 0.3 is 0 Å². The van der Waals surface area contributed by atoms with Crippen molar-refractivity contribution in [3.05, 3.63) is 59.7 Å². The van der Waals surface area contributed by atoms with E-state index in [1.165, 1.54) is 26.7 Å². The largest absolute Gasteiger partial charge is 0.497 e. The van der Waals surface area contributed by atoms with E-state index in [-0.39, 0.29) is 18.1 Å². The highest BCUT2D eigenvalue weighted by Crippen LogP contribution is 2.13. The van der Waals surface area contributed by atoms with Gasteiger partial charge in [0.1, 0.15) is 11.5 Å². The van der Waals surface area contributed by atoms with Crippen molar-refractivity contribution >= 4 is 5.78 Å². The minimum absolute atomic E-state index is 0.116. The Labute approximate surface area is 209 Å². The zero-order chi connectivity index (χ0) is 26.6. The fourth-order valence-electron chi connectivity index (χ4n) is 2.89. The fraction of sp³-hybridized carbons (Fsp3) is 0.500. The molecule has 0 aliphatic rings. The summed E-state index contributed by atoms with van der Waals surface area (Å²) in [6.07, 6.45) is -0.921. The number of ether oxygens (including phenoxy) is 6. The Hall–Kier alpha value is -2.53. The Kier molecular flexibility index (Phi) is 18.3. The Morgan fingerprint density at radius 2 is 1.31 bits per heavy atom. The molecular weight excluding hydrogens is 452 g/mol. The predicted octanol–water partition coefficient (Wildman–Crippen LogP) is 3.14. The molecule has 1 atom stereocenters. The summed E-state index contributed by atoms with van der Waals surface area (Å²) in [5.74, 6) is 1.62. The molecule has 0 radical (unpaired) electrons. The van der Waals surface area contributed by atoms with Crippen molar-refractivity contribution in [2.45, 2.75) is 45.6 Å². The molecule has 198 valence electrons. The molecule has 0 amide bonds. The lowest BCUT2D eigenvalue weighted by Gasteiger charge is -2.22. The van der Waals surface area contributed by atoms with E-state index in [0.29, 0.717) is 6.54 Å². The van der Waals surface area contributed by atoms with Crippen LogP contribution in [-0.4, -0.2) is 67.1 Å². The van der Waals surface area contributed by atoms with Crippen molar-refractivity contribution in [3.8, 4) is 11.5 Å². The number of rotatable bonds is 12. The second-order valence-electron chi connectivity index (χ2n) is 7.33. The maximum absolute atomic E-state index is 10.4. The SMILES string of the molecule is COC(OC)C(C)=O.COc1cccc(CN)c1.COc1cccc(CNC(C)C(OC)OC)c1. The summed E-state index contributed by atoms with van der Waals surface area (Å²) in [4.78, 5) is 10.4. The average Bonchev–Trinajstić information content (AvgIpc) is 2.89. The van der Waals surface area contributed by atoms with E-state index in [0.717, 1.165) is 23.6 Å². The minimum atomic E-state index is -0.685. The molecule has 0 aliphatic heterocycles. The van der Waals surface area contributed by atoms with E-state index in [2.05, 4.69) is 20.9 Å². The Morgan fingerprint density at radius 1 is 0.829 bits per heavy atom. The first-order valence-electron chi connectivity index (χ1n) is 11.1. The van der Waals surface area contributed by atoms with Crippen LogP contribution >= 0.6 is 0 Å². The highest BCUT2D eigenvalue weighted by atomic mass is 16.7. The maximum Gasteiger partial charge on any atom is 0.216 e. The first-order chi connectivity index (χ1) is 16.8. The second kappa shape index (κ2) is 19.7. The molecule has 9 heteroatoms. The number of hydrogen-bond donors (Lipinski definition) is 2. The number of nitrogens with two attached hydrogens (primary N) is 1. The number of carbonyl (C=O) groups is 1. The van der Waals surface area contributed by atoms with Crippen molar-refractivity contribution in [2.75, 3.05) is 42.7 Å². The highest BCUT2D eigenvalue weighted by molar-refractivity contribution is 5.78. The molecule has 9 nitrogen and oxygen atoms in total. The molecule has 2 rings (SSSR count). The van der Waals surface area contributed by atoms with Gasteiger partial charge in [0, 0.05) is 41.5 Å². The van der Waals surface area contributed by atoms with Gasteiger partial charge in [-0.3, -0.25) is 4.79 Å². The zero-order valence-corrected chi connectivity index (χ0v) is 22.2. The molecule has 0 fully saturated rings. The number of carbonyl (C=O) groups excluding carboxylic acids is 1. The third kappa shape index (κ3) is 13.8. The van der Waals surface area contributed by atoms with Crippen LogP contribution in [0, 0.1) is 0 Å². The molecule has 1 unspecified atom stereocenters. The molecule has 0 spiro atoms. The average molecular weight is 495 g/mol. The molecule has 3 N–H and O–H groups in total. The van der Waals surface area contributed by atoms with Crippen LogP contribution in [0.2, 0.25) is 0 Å². The molecule has 0 aliphatic carbocycles. The van der Waals surface area contributed by atoms with E-state index in [4.69, 9.17) is 24.7 Å². The predicted molar refractivity (Wildman–Crippen MR) is 136 cm³/mol. The van der Waals surface area contributed by atoms with Crippen LogP contribution in [0.3, 0.4) is 0 Å². The van der Waals surface area contributed by atoms with Crippen molar-refractivity contribution in [1.29, 1.82) is 0 Å². The lowest BCUT2D eigenvalue weighted by molar-refractivity contribution is -0.154. The summed E-state index contributed by atoms with van der Waals surface area (Å²) in [7, 11) is 9.44. The van der Waals surface area contributed by atoms with Gasteiger partial charge in [0.05, 0.1) is 20.3 Å². The summed E-state index contributed by atoms with van der Waals surface area (Å²) < 4.78 is 29.7. The van der Waals surface area contributed by atoms with Crippen LogP contribution in [-0.2, 0) is 36.8 Å². The van der Waals surface area contributed by atoms with E-state index >= 15 is 0 Å². The summed E-state index contributed by atoms with van der Waals surface area (Å²) in [5, 5.41) is 3.35. The van der Waals surface area contributed by atoms with Crippen LogP contribution in [0.15, 0.2) is 48.5 Å². The van der Waals surface area contributed by atoms with Gasteiger partial charge in [-0.15, -0.1) is 0 Å². The van der Waals surface area contributed by atoms with Gasteiger partial charge in [-0.1, -0.05) is 24.3 Å². The van der Waals surface area contributed by atoms with E-state index < -0.39 is 6.29 Å². The first-order valence-corrected chi connectivity index (χ1v) is 11.1. The lowest BCUT2D eigenvalue weighted by Crippen LogP contribution is -2.39. The first kappa shape index (κ1) is 32.5. The molecule has 0 aromatic heterocycles. The van der Waals surface area contributed by atoms with E-state index in [9.17, 15) is 4.79 Å². The van der Waals surface area contributed by atoms with Gasteiger partial charge in [0.25, 0.3) is 0 Å². The molecular formula is C26H42N2O7. The Balaban J connectivity index is 0.000000545. The Morgan fingerprint density at radius 3 is 1.69 bits per heavy atom. The quantitative estimate of drug-likeness (QED) is 0.430. The van der Waals surface area contributed by atoms with E-state index in [1.54, 1.807) is 28.4 Å². The zero-order valence-electron chi connectivity index (χ0n) is 22.2. The summed E-state index contributed by atoms with van der Waals surface area (Å²) in [6.45, 7) is 4.76. The summed E-state index contributed by atoms with van der Waals surface area (Å²) >= 11 is 0. The van der Waals surface area contributed by atoms with E-state index in [1.807, 2.05) is 49.4 Å². The van der Waals surface area contributed by atoms with Crippen LogP contribution in [0.4, 0.5) is 0 Å². The maximum atomic E-state index is 10.4. The van der Waals surface area contributed by atoms with Gasteiger partial charge in [0.2, 0.25) is 6.29 Å². The number of nitrogens with one attached hydrogen (secondary N) is 1. The standard InChI is InChI=1S/C13H21NO3.C8H11NO.C5H10O3/c1-10(13(16-3)17-4)14-9-11-6-5-7-12(8-11)15-2;1-10-8-4-2-3-7(5-8)6-9;1-4(6)5(7-2)8-3/h5-8,10,13-14H,9H2,1-4H3;2-5H,6,9H2,1H3;5H,1-3H3. The number of hydrogen-bond acceptors (Lipinski definition) is 9. The van der Waals surface area contributed by atoms with Gasteiger partial charge in [-0.25, -0.2) is 0 Å². The van der Waals surface area contributed by atoms with Crippen LogP contribution < -0.4 is 20.5 Å². The van der Waals surface area contributed by atoms with Crippen molar-refractivity contribution in [3.63, 3.8) is 0 Å². The monoisotopic (exact) mass is 494 g/mol. The minimum Gasteiger partial charge on any atom is -0.497 e. The molecule has 35 heavy (non-hydrogen) atoms. The lowest BCUT2D eigenvalue weighted by atomic mass is 10.2. The van der Waals surface area contributed by atoms with Gasteiger partial charge in [0.15, 0.2) is 12.1 Å². The van der Waals surface area contributed by atoms with Crippen molar-refractivity contribution in [2.24, 2.45) is 5.73 Å². The summed E-state index contributed by atoms with van der Waals surface area (Å²) in [5.41, 5.74) is 7.68. The molecule has 2 aromatic carbocycles. The number of Topliss-reactive ketones (excluding diaryl/α,β-unsaturated/α-hetero) is 1. The van der Waals surface area contributed by atoms with Gasteiger partial charge < -0.3 is 39.5 Å². The van der Waals surface area contributed by atoms with Crippen LogP contribution in [0.5, 0.6) is 11.5 Å². The Bertz CT molecular complexity index is 793. The molecule has 0 saturated carbocycles. The van der Waals surface area contributed by atoms with Crippen LogP contribution in [0.25, 0.3) is 0 Å². The van der Waals surface area contributed by atoms with Gasteiger partial charge in [-0.05, 0) is 49.2 Å². The summed E-state index contributed by atoms with van der Waals surface area (Å²) in [6, 6.07) is 15.8. The van der Waals surface area contributed by atoms with Crippen molar-refractivity contribution in [1.82, 2.24) is 5.32 Å². The molecule has 0 bridgehead atoms. The fourth-order valence-corrected chi connectivity index (χ4v) is 2.89. The molecule has 2 aromatic rings. The van der Waals surface area contributed by atoms with Crippen molar-refractivity contribution < 1.29 is 33.2 Å². The topological polar surface area (TPSA) is 111 Å². The van der Waals surface area contributed by atoms with Crippen LogP contribution in [0.1, 0.15) is 25.0 Å². The van der Waals surface area contributed by atoms with Gasteiger partial charge in [-0.2, -0.15) is 0 Å². The normalized spacial score (nSPS) is 11.2. The number of benzene rings is 2. The number of methoxy groups -OCH3 is 6. The number of ketones is 1.